The standard InChI is InChI=1S/C41H44O13/c1-21(42)51-34-19-25-16-28(39(49-8)41(50-9)38(25)54-36(34)23-10-14-29(45-4)32(17-23)47-6)35-27-13-12-26(44-3)20-31(27)53-37(40(35)52-22(2)43)24-11-15-30(46-5)33(18-24)48-7/h10-18,20,34-37,40H,19H2,1-9H3. The molecule has 2 aliphatic rings. The summed E-state index contributed by atoms with van der Waals surface area (Å²) >= 11 is 0. The Morgan fingerprint density at radius 1 is 0.574 bits per heavy atom. The second-order valence-corrected chi connectivity index (χ2v) is 12.6. The summed E-state index contributed by atoms with van der Waals surface area (Å²) in [6, 6.07) is 18.2. The van der Waals surface area contributed by atoms with Crippen LogP contribution in [0.4, 0.5) is 0 Å². The van der Waals surface area contributed by atoms with Gasteiger partial charge in [0.15, 0.2) is 52.8 Å². The Balaban J connectivity index is 1.56. The smallest absolute Gasteiger partial charge is 0.303 e. The second kappa shape index (κ2) is 15.9. The van der Waals surface area contributed by atoms with Crippen LogP contribution in [0.15, 0.2) is 60.7 Å². The van der Waals surface area contributed by atoms with Crippen molar-refractivity contribution in [3.05, 3.63) is 88.5 Å². The zero-order valence-electron chi connectivity index (χ0n) is 31.7. The molecule has 0 aromatic heterocycles. The summed E-state index contributed by atoms with van der Waals surface area (Å²) in [7, 11) is 10.8. The number of ether oxygens (including phenoxy) is 11. The van der Waals surface area contributed by atoms with Gasteiger partial charge in [-0.15, -0.1) is 0 Å². The van der Waals surface area contributed by atoms with Gasteiger partial charge < -0.3 is 52.1 Å². The van der Waals surface area contributed by atoms with Crippen molar-refractivity contribution in [2.75, 3.05) is 49.8 Å². The van der Waals surface area contributed by atoms with Crippen molar-refractivity contribution >= 4 is 11.9 Å². The van der Waals surface area contributed by atoms with Crippen molar-refractivity contribution < 1.29 is 61.7 Å². The van der Waals surface area contributed by atoms with Crippen LogP contribution in [-0.2, 0) is 25.5 Å². The summed E-state index contributed by atoms with van der Waals surface area (Å²) in [5.41, 5.74) is 3.35. The number of hydrogen-bond donors (Lipinski definition) is 0. The van der Waals surface area contributed by atoms with Gasteiger partial charge >= 0.3 is 11.9 Å². The van der Waals surface area contributed by atoms with E-state index in [9.17, 15) is 9.59 Å². The lowest BCUT2D eigenvalue weighted by molar-refractivity contribution is -0.154. The lowest BCUT2D eigenvalue weighted by atomic mass is 9.78. The van der Waals surface area contributed by atoms with E-state index in [1.807, 2.05) is 30.3 Å². The van der Waals surface area contributed by atoms with Crippen molar-refractivity contribution in [3.8, 4) is 51.7 Å². The third-order valence-electron chi connectivity index (χ3n) is 9.57. The van der Waals surface area contributed by atoms with Crippen LogP contribution in [0, 0.1) is 0 Å². The first-order valence-corrected chi connectivity index (χ1v) is 17.2. The highest BCUT2D eigenvalue weighted by molar-refractivity contribution is 5.69. The molecule has 54 heavy (non-hydrogen) atoms. The van der Waals surface area contributed by atoms with E-state index in [0.29, 0.717) is 79.6 Å². The third kappa shape index (κ3) is 7.05. The lowest BCUT2D eigenvalue weighted by Gasteiger charge is -2.41. The fourth-order valence-corrected chi connectivity index (χ4v) is 7.27. The van der Waals surface area contributed by atoms with Crippen molar-refractivity contribution in [1.29, 1.82) is 0 Å². The van der Waals surface area contributed by atoms with E-state index in [2.05, 4.69) is 0 Å². The van der Waals surface area contributed by atoms with E-state index in [1.54, 1.807) is 65.9 Å². The Morgan fingerprint density at radius 3 is 1.70 bits per heavy atom. The summed E-state index contributed by atoms with van der Waals surface area (Å²) in [5, 5.41) is 0. The maximum Gasteiger partial charge on any atom is 0.303 e. The average molecular weight is 745 g/mol. The molecule has 5 atom stereocenters. The van der Waals surface area contributed by atoms with Crippen LogP contribution in [0.1, 0.15) is 59.8 Å². The second-order valence-electron chi connectivity index (χ2n) is 12.6. The average Bonchev–Trinajstić information content (AvgIpc) is 3.18. The SMILES string of the molecule is COc1ccc2c(c1)OC(c1ccc(OC)c(OC)c1)C(OC(C)=O)C2c1cc2c(c(OC)c1OC)OC(c1ccc(OC)c(OC)c1)C(OC(C)=O)C2. The molecule has 6 rings (SSSR count). The molecule has 5 unspecified atom stereocenters. The molecule has 0 saturated heterocycles. The van der Waals surface area contributed by atoms with Crippen LogP contribution in [0.25, 0.3) is 0 Å². The molecule has 0 bridgehead atoms. The largest absolute Gasteiger partial charge is 0.497 e. The van der Waals surface area contributed by atoms with E-state index in [4.69, 9.17) is 52.1 Å². The molecule has 13 nitrogen and oxygen atoms in total. The minimum Gasteiger partial charge on any atom is -0.497 e. The van der Waals surface area contributed by atoms with Gasteiger partial charge in [0.2, 0.25) is 5.75 Å². The van der Waals surface area contributed by atoms with Gasteiger partial charge in [-0.2, -0.15) is 0 Å². The summed E-state index contributed by atoms with van der Waals surface area (Å²) in [5.74, 6) is 2.49. The molecule has 0 fully saturated rings. The van der Waals surface area contributed by atoms with Crippen LogP contribution in [-0.4, -0.2) is 73.9 Å². The maximum atomic E-state index is 12.9. The minimum atomic E-state index is -0.925. The van der Waals surface area contributed by atoms with Crippen LogP contribution in [0.3, 0.4) is 0 Å². The highest BCUT2D eigenvalue weighted by Crippen LogP contribution is 2.56. The summed E-state index contributed by atoms with van der Waals surface area (Å²) in [6.45, 7) is 2.70. The van der Waals surface area contributed by atoms with Gasteiger partial charge in [0.25, 0.3) is 0 Å². The molecule has 0 amide bonds. The number of methoxy groups -OCH3 is 7. The molecular weight excluding hydrogens is 700 g/mol. The molecule has 13 heteroatoms. The number of fused-ring (bicyclic) bond motifs is 2. The van der Waals surface area contributed by atoms with Crippen LogP contribution in [0.5, 0.6) is 51.7 Å². The Labute approximate surface area is 313 Å². The number of carbonyl (C=O) groups excluding carboxylic acids is 2. The van der Waals surface area contributed by atoms with E-state index >= 15 is 0 Å². The van der Waals surface area contributed by atoms with E-state index in [0.717, 1.165) is 0 Å². The van der Waals surface area contributed by atoms with Gasteiger partial charge in [0.1, 0.15) is 17.6 Å². The monoisotopic (exact) mass is 744 g/mol. The van der Waals surface area contributed by atoms with E-state index in [-0.39, 0.29) is 6.42 Å². The zero-order valence-corrected chi connectivity index (χ0v) is 31.7. The van der Waals surface area contributed by atoms with Crippen molar-refractivity contribution in [3.63, 3.8) is 0 Å². The molecule has 2 heterocycles. The molecular formula is C41H44O13. The molecule has 4 aromatic rings. The predicted molar refractivity (Wildman–Crippen MR) is 195 cm³/mol. The first-order valence-electron chi connectivity index (χ1n) is 17.2. The summed E-state index contributed by atoms with van der Waals surface area (Å²) < 4.78 is 65.4. The van der Waals surface area contributed by atoms with Gasteiger partial charge in [0.05, 0.1) is 55.7 Å². The molecule has 4 aromatic carbocycles. The van der Waals surface area contributed by atoms with Crippen molar-refractivity contribution in [2.24, 2.45) is 0 Å². The van der Waals surface area contributed by atoms with Crippen LogP contribution >= 0.6 is 0 Å². The Bertz CT molecular complexity index is 2020. The number of carbonyl (C=O) groups is 2. The highest BCUT2D eigenvalue weighted by atomic mass is 16.6. The Morgan fingerprint density at radius 2 is 1.17 bits per heavy atom. The molecule has 286 valence electrons. The predicted octanol–water partition coefficient (Wildman–Crippen LogP) is 6.55. The Kier molecular flexibility index (Phi) is 11.2. The molecule has 0 radical (unpaired) electrons. The van der Waals surface area contributed by atoms with E-state index < -0.39 is 42.3 Å². The molecule has 0 saturated carbocycles. The molecule has 0 N–H and O–H groups in total. The first-order chi connectivity index (χ1) is 26.1. The number of hydrogen-bond acceptors (Lipinski definition) is 13. The van der Waals surface area contributed by atoms with Gasteiger partial charge in [-0.1, -0.05) is 18.2 Å². The quantitative estimate of drug-likeness (QED) is 0.145. The normalized spacial score (nSPS) is 19.8. The van der Waals surface area contributed by atoms with Gasteiger partial charge in [-0.3, -0.25) is 9.59 Å². The fourth-order valence-electron chi connectivity index (χ4n) is 7.27. The van der Waals surface area contributed by atoms with Crippen LogP contribution < -0.4 is 42.6 Å². The van der Waals surface area contributed by atoms with Crippen LogP contribution in [0.2, 0.25) is 0 Å². The molecule has 2 aliphatic heterocycles. The zero-order chi connectivity index (χ0) is 38.7. The number of esters is 2. The summed E-state index contributed by atoms with van der Waals surface area (Å²) in [6.07, 6.45) is -2.99. The number of benzene rings is 4. The van der Waals surface area contributed by atoms with Gasteiger partial charge in [-0.25, -0.2) is 0 Å². The molecule has 0 aliphatic carbocycles. The lowest BCUT2D eigenvalue weighted by Crippen LogP contribution is -2.39. The highest BCUT2D eigenvalue weighted by Gasteiger charge is 2.46. The first kappa shape index (κ1) is 37.8. The maximum absolute atomic E-state index is 12.9. The third-order valence-corrected chi connectivity index (χ3v) is 9.57. The van der Waals surface area contributed by atoms with Gasteiger partial charge in [0, 0.05) is 54.2 Å². The van der Waals surface area contributed by atoms with Gasteiger partial charge in [-0.05, 0) is 36.4 Å². The fraction of sp³-hybridized carbons (Fsp3) is 0.366. The topological polar surface area (TPSA) is 136 Å². The molecule has 0 spiro atoms. The Hall–Kier alpha value is -5.98. The summed E-state index contributed by atoms with van der Waals surface area (Å²) in [4.78, 5) is 25.4. The minimum absolute atomic E-state index is 0.247. The van der Waals surface area contributed by atoms with E-state index in [1.165, 1.54) is 28.1 Å². The number of rotatable bonds is 12. The van der Waals surface area contributed by atoms with Crippen molar-refractivity contribution in [2.45, 2.75) is 50.6 Å². The van der Waals surface area contributed by atoms with Crippen molar-refractivity contribution in [1.82, 2.24) is 0 Å².